The van der Waals surface area contributed by atoms with E-state index in [1.54, 1.807) is 7.11 Å². The van der Waals surface area contributed by atoms with Gasteiger partial charge in [-0.3, -0.25) is 0 Å². The summed E-state index contributed by atoms with van der Waals surface area (Å²) in [6, 6.07) is 0. The van der Waals surface area contributed by atoms with Gasteiger partial charge >= 0.3 is 0 Å². The van der Waals surface area contributed by atoms with E-state index in [-0.39, 0.29) is 0 Å². The molecule has 0 aromatic rings. The van der Waals surface area contributed by atoms with Gasteiger partial charge in [-0.1, -0.05) is 20.8 Å². The molecule has 80 valence electrons. The Bertz CT molecular complexity index is 134. The van der Waals surface area contributed by atoms with Crippen molar-refractivity contribution >= 4 is 0 Å². The third-order valence-electron chi connectivity index (χ3n) is 2.99. The quantitative estimate of drug-likeness (QED) is 0.632. The molecule has 0 saturated carbocycles. The first-order valence-corrected chi connectivity index (χ1v) is 5.12. The molecule has 0 bridgehead atoms. The van der Waals surface area contributed by atoms with E-state index in [1.807, 2.05) is 0 Å². The molecule has 13 heavy (non-hydrogen) atoms. The molecule has 0 radical (unpaired) electrons. The average Bonchev–Trinajstić information content (AvgIpc) is 2.02. The molecule has 0 fully saturated rings. The molecule has 0 aliphatic rings. The third kappa shape index (κ3) is 3.65. The van der Waals surface area contributed by atoms with E-state index in [2.05, 4.69) is 39.8 Å². The van der Waals surface area contributed by atoms with Gasteiger partial charge in [0.25, 0.3) is 0 Å². The molecule has 1 atom stereocenters. The number of ether oxygens (including phenoxy) is 1. The van der Waals surface area contributed by atoms with Crippen molar-refractivity contribution in [2.24, 2.45) is 11.3 Å². The first kappa shape index (κ1) is 12.9. The van der Waals surface area contributed by atoms with Crippen molar-refractivity contribution in [3.8, 4) is 0 Å². The molecular weight excluding hydrogens is 162 g/mol. The summed E-state index contributed by atoms with van der Waals surface area (Å²) in [5.41, 5.74) is 0.318. The van der Waals surface area contributed by atoms with Gasteiger partial charge < -0.3 is 9.64 Å². The lowest BCUT2D eigenvalue weighted by Crippen LogP contribution is -2.41. The van der Waals surface area contributed by atoms with Gasteiger partial charge in [0, 0.05) is 19.1 Å². The number of hydrogen-bond donors (Lipinski definition) is 0. The van der Waals surface area contributed by atoms with Crippen LogP contribution in [0.2, 0.25) is 0 Å². The predicted octanol–water partition coefficient (Wildman–Crippen LogP) is 2.25. The van der Waals surface area contributed by atoms with E-state index in [0.29, 0.717) is 11.3 Å². The van der Waals surface area contributed by atoms with Crippen LogP contribution in [0.5, 0.6) is 0 Å². The molecule has 2 heteroatoms. The molecule has 0 rings (SSSR count). The second-order valence-electron chi connectivity index (χ2n) is 4.54. The van der Waals surface area contributed by atoms with Crippen LogP contribution < -0.4 is 0 Å². The SMILES string of the molecule is CCC(COC)(CN(C)C)C(C)C. The minimum Gasteiger partial charge on any atom is -0.384 e. The van der Waals surface area contributed by atoms with Gasteiger partial charge in [-0.05, 0) is 26.4 Å². The molecule has 0 spiro atoms. The van der Waals surface area contributed by atoms with Crippen molar-refractivity contribution < 1.29 is 4.74 Å². The maximum absolute atomic E-state index is 5.33. The Morgan fingerprint density at radius 1 is 1.31 bits per heavy atom. The van der Waals surface area contributed by atoms with Crippen LogP contribution in [0, 0.1) is 11.3 Å². The maximum Gasteiger partial charge on any atom is 0.0533 e. The second-order valence-corrected chi connectivity index (χ2v) is 4.54. The number of methoxy groups -OCH3 is 1. The van der Waals surface area contributed by atoms with Crippen LogP contribution in [0.15, 0.2) is 0 Å². The summed E-state index contributed by atoms with van der Waals surface area (Å²) in [6.07, 6.45) is 1.18. The Labute approximate surface area is 83.3 Å². The first-order chi connectivity index (χ1) is 5.98. The van der Waals surface area contributed by atoms with Gasteiger partial charge in [-0.2, -0.15) is 0 Å². The molecule has 1 unspecified atom stereocenters. The lowest BCUT2D eigenvalue weighted by atomic mass is 9.75. The van der Waals surface area contributed by atoms with Crippen LogP contribution in [-0.2, 0) is 4.74 Å². The Morgan fingerprint density at radius 3 is 2.08 bits per heavy atom. The van der Waals surface area contributed by atoms with E-state index < -0.39 is 0 Å². The molecule has 0 saturated heterocycles. The monoisotopic (exact) mass is 187 g/mol. The Morgan fingerprint density at radius 2 is 1.85 bits per heavy atom. The van der Waals surface area contributed by atoms with Crippen molar-refractivity contribution in [3.63, 3.8) is 0 Å². The lowest BCUT2D eigenvalue weighted by molar-refractivity contribution is 0.0190. The van der Waals surface area contributed by atoms with Gasteiger partial charge in [-0.25, -0.2) is 0 Å². The van der Waals surface area contributed by atoms with Gasteiger partial charge in [0.1, 0.15) is 0 Å². The highest BCUT2D eigenvalue weighted by atomic mass is 16.5. The third-order valence-corrected chi connectivity index (χ3v) is 2.99. The number of rotatable bonds is 6. The highest BCUT2D eigenvalue weighted by Gasteiger charge is 2.32. The molecule has 0 heterocycles. The van der Waals surface area contributed by atoms with E-state index in [0.717, 1.165) is 13.2 Å². The molecule has 2 nitrogen and oxygen atoms in total. The molecule has 0 aliphatic heterocycles. The summed E-state index contributed by atoms with van der Waals surface area (Å²) < 4.78 is 5.33. The second kappa shape index (κ2) is 5.61. The van der Waals surface area contributed by atoms with E-state index in [1.165, 1.54) is 6.42 Å². The predicted molar refractivity (Wildman–Crippen MR) is 58.0 cm³/mol. The van der Waals surface area contributed by atoms with Gasteiger partial charge in [-0.15, -0.1) is 0 Å². The number of hydrogen-bond acceptors (Lipinski definition) is 2. The van der Waals surface area contributed by atoms with Crippen LogP contribution in [0.4, 0.5) is 0 Å². The van der Waals surface area contributed by atoms with Crippen molar-refractivity contribution in [1.29, 1.82) is 0 Å². The fourth-order valence-corrected chi connectivity index (χ4v) is 1.93. The molecule has 0 N–H and O–H groups in total. The maximum atomic E-state index is 5.33. The summed E-state index contributed by atoms with van der Waals surface area (Å²) in [7, 11) is 6.05. The van der Waals surface area contributed by atoms with Crippen molar-refractivity contribution in [1.82, 2.24) is 4.90 Å². The molecule has 0 amide bonds. The summed E-state index contributed by atoms with van der Waals surface area (Å²) in [6.45, 7) is 8.79. The highest BCUT2D eigenvalue weighted by Crippen LogP contribution is 2.32. The zero-order valence-corrected chi connectivity index (χ0v) is 10.1. The fourth-order valence-electron chi connectivity index (χ4n) is 1.93. The topological polar surface area (TPSA) is 12.5 Å². The standard InChI is InChI=1S/C11H25NO/c1-7-11(9-13-6,10(2)3)8-12(4)5/h10H,7-9H2,1-6H3. The van der Waals surface area contributed by atoms with E-state index >= 15 is 0 Å². The zero-order chi connectivity index (χ0) is 10.5. The lowest BCUT2D eigenvalue weighted by Gasteiger charge is -2.38. The Balaban J connectivity index is 4.44. The average molecular weight is 187 g/mol. The number of nitrogens with zero attached hydrogens (tertiary/aromatic N) is 1. The van der Waals surface area contributed by atoms with Crippen LogP contribution in [0.3, 0.4) is 0 Å². The molecule has 0 aromatic carbocycles. The van der Waals surface area contributed by atoms with Crippen molar-refractivity contribution in [3.05, 3.63) is 0 Å². The molecule has 0 aliphatic carbocycles. The van der Waals surface area contributed by atoms with Crippen LogP contribution in [-0.4, -0.2) is 39.3 Å². The van der Waals surface area contributed by atoms with Gasteiger partial charge in [0.05, 0.1) is 6.61 Å². The zero-order valence-electron chi connectivity index (χ0n) is 10.1. The highest BCUT2D eigenvalue weighted by molar-refractivity contribution is 4.83. The summed E-state index contributed by atoms with van der Waals surface area (Å²) in [5, 5.41) is 0. The minimum absolute atomic E-state index is 0.318. The van der Waals surface area contributed by atoms with Crippen LogP contribution >= 0.6 is 0 Å². The van der Waals surface area contributed by atoms with Crippen LogP contribution in [0.25, 0.3) is 0 Å². The summed E-state index contributed by atoms with van der Waals surface area (Å²) in [5.74, 6) is 0.667. The van der Waals surface area contributed by atoms with Crippen LogP contribution in [0.1, 0.15) is 27.2 Å². The van der Waals surface area contributed by atoms with Crippen molar-refractivity contribution in [2.45, 2.75) is 27.2 Å². The smallest absolute Gasteiger partial charge is 0.0533 e. The summed E-state index contributed by atoms with van der Waals surface area (Å²) in [4.78, 5) is 2.25. The van der Waals surface area contributed by atoms with Crippen molar-refractivity contribution in [2.75, 3.05) is 34.4 Å². The largest absolute Gasteiger partial charge is 0.384 e. The van der Waals surface area contributed by atoms with Gasteiger partial charge in [0.2, 0.25) is 0 Å². The Hall–Kier alpha value is -0.0800. The van der Waals surface area contributed by atoms with E-state index in [4.69, 9.17) is 4.74 Å². The molecule has 0 aromatic heterocycles. The summed E-state index contributed by atoms with van der Waals surface area (Å²) >= 11 is 0. The Kier molecular flexibility index (Phi) is 5.57. The fraction of sp³-hybridized carbons (Fsp3) is 1.00. The minimum atomic E-state index is 0.318. The first-order valence-electron chi connectivity index (χ1n) is 5.12. The normalized spacial score (nSPS) is 16.6. The van der Waals surface area contributed by atoms with Gasteiger partial charge in [0.15, 0.2) is 0 Å². The van der Waals surface area contributed by atoms with E-state index in [9.17, 15) is 0 Å². The molecular formula is C11H25NO.